The summed E-state index contributed by atoms with van der Waals surface area (Å²) in [7, 11) is 0. The number of rotatable bonds is 5. The first-order valence-electron chi connectivity index (χ1n) is 12.9. The summed E-state index contributed by atoms with van der Waals surface area (Å²) in [5.41, 5.74) is 2.73. The van der Waals surface area contributed by atoms with Crippen molar-refractivity contribution in [2.45, 2.75) is 31.8 Å². The average Bonchev–Trinajstić information content (AvgIpc) is 3.17. The van der Waals surface area contributed by atoms with E-state index in [1.54, 1.807) is 12.1 Å². The van der Waals surface area contributed by atoms with Gasteiger partial charge in [-0.25, -0.2) is 8.78 Å². The summed E-state index contributed by atoms with van der Waals surface area (Å²) in [5, 5.41) is 11.7. The number of benzene rings is 4. The number of halogens is 2. The van der Waals surface area contributed by atoms with Gasteiger partial charge in [-0.2, -0.15) is 0 Å². The van der Waals surface area contributed by atoms with Crippen molar-refractivity contribution in [3.8, 4) is 28.4 Å². The molecule has 1 unspecified atom stereocenters. The number of aromatic hydroxyl groups is 1. The van der Waals surface area contributed by atoms with Gasteiger partial charge in [0.25, 0.3) is 0 Å². The molecule has 0 aliphatic carbocycles. The summed E-state index contributed by atoms with van der Waals surface area (Å²) >= 11 is 0. The number of phenols is 1. The Labute approximate surface area is 215 Å². The van der Waals surface area contributed by atoms with Crippen molar-refractivity contribution in [2.24, 2.45) is 0 Å². The zero-order chi connectivity index (χ0) is 25.4. The number of fused-ring (bicyclic) bond motifs is 5. The van der Waals surface area contributed by atoms with Gasteiger partial charge in [-0.05, 0) is 78.2 Å². The summed E-state index contributed by atoms with van der Waals surface area (Å²) in [4.78, 5) is 2.46. The van der Waals surface area contributed by atoms with Crippen molar-refractivity contribution in [1.82, 2.24) is 4.90 Å². The van der Waals surface area contributed by atoms with Crippen LogP contribution in [0.3, 0.4) is 0 Å². The zero-order valence-corrected chi connectivity index (χ0v) is 20.6. The normalized spacial score (nSPS) is 17.5. The van der Waals surface area contributed by atoms with E-state index in [1.807, 2.05) is 42.5 Å². The van der Waals surface area contributed by atoms with E-state index in [0.717, 1.165) is 53.3 Å². The van der Waals surface area contributed by atoms with Gasteiger partial charge in [-0.1, -0.05) is 43.2 Å². The van der Waals surface area contributed by atoms with Crippen LogP contribution in [-0.2, 0) is 0 Å². The molecule has 0 aromatic heterocycles. The van der Waals surface area contributed by atoms with Crippen LogP contribution in [0.2, 0.25) is 0 Å². The second-order valence-corrected chi connectivity index (χ2v) is 9.87. The molecule has 0 amide bonds. The van der Waals surface area contributed by atoms with Gasteiger partial charge in [0, 0.05) is 23.7 Å². The van der Waals surface area contributed by atoms with E-state index in [4.69, 9.17) is 9.47 Å². The fraction of sp³-hybridized carbons (Fsp3) is 0.290. The van der Waals surface area contributed by atoms with E-state index in [0.29, 0.717) is 17.7 Å². The van der Waals surface area contributed by atoms with Crippen molar-refractivity contribution in [3.63, 3.8) is 0 Å². The average molecular weight is 502 g/mol. The number of likely N-dealkylation sites (tertiary alicyclic amines) is 1. The van der Waals surface area contributed by atoms with Crippen molar-refractivity contribution >= 4 is 10.8 Å². The van der Waals surface area contributed by atoms with Gasteiger partial charge >= 0.3 is 0 Å². The zero-order valence-electron chi connectivity index (χ0n) is 20.6. The fourth-order valence-corrected chi connectivity index (χ4v) is 5.54. The molecule has 2 aliphatic heterocycles. The lowest BCUT2D eigenvalue weighted by molar-refractivity contribution is 0.213. The van der Waals surface area contributed by atoms with E-state index in [1.165, 1.54) is 31.7 Å². The lowest BCUT2D eigenvalue weighted by Gasteiger charge is -2.31. The molecule has 0 bridgehead atoms. The Kier molecular flexibility index (Phi) is 6.43. The van der Waals surface area contributed by atoms with E-state index in [-0.39, 0.29) is 11.5 Å². The van der Waals surface area contributed by atoms with Crippen LogP contribution in [0.4, 0.5) is 8.78 Å². The summed E-state index contributed by atoms with van der Waals surface area (Å²) in [5.74, 6) is -0.428. The number of hydrogen-bond acceptors (Lipinski definition) is 4. The largest absolute Gasteiger partial charge is 0.508 e. The third kappa shape index (κ3) is 4.74. The summed E-state index contributed by atoms with van der Waals surface area (Å²) in [6.07, 6.45) is 4.52. The Morgan fingerprint density at radius 1 is 0.865 bits per heavy atom. The summed E-state index contributed by atoms with van der Waals surface area (Å²) in [6.45, 7) is 3.80. The minimum absolute atomic E-state index is 0.0369. The van der Waals surface area contributed by atoms with Gasteiger partial charge in [0.2, 0.25) is 0 Å². The third-order valence-electron chi connectivity index (χ3n) is 7.40. The lowest BCUT2D eigenvalue weighted by atomic mass is 9.86. The molecule has 37 heavy (non-hydrogen) atoms. The first kappa shape index (κ1) is 23.7. The molecule has 2 heterocycles. The highest BCUT2D eigenvalue weighted by molar-refractivity contribution is 5.95. The predicted octanol–water partition coefficient (Wildman–Crippen LogP) is 7.23. The molecule has 1 N–H and O–H groups in total. The van der Waals surface area contributed by atoms with Crippen molar-refractivity contribution in [3.05, 3.63) is 89.5 Å². The summed E-state index contributed by atoms with van der Waals surface area (Å²) in [6, 6.07) is 18.6. The van der Waals surface area contributed by atoms with Crippen LogP contribution in [-0.4, -0.2) is 36.2 Å². The van der Waals surface area contributed by atoms with Gasteiger partial charge in [0.15, 0.2) is 17.7 Å². The van der Waals surface area contributed by atoms with E-state index in [2.05, 4.69) is 4.90 Å². The SMILES string of the molecule is Oc1ccc2c3c(ccc2c1)-c1cc(F)cc(F)c1OC3c1ccc(OCCN2CCCCCC2)cc1. The fourth-order valence-electron chi connectivity index (χ4n) is 5.54. The molecule has 0 radical (unpaired) electrons. The van der Waals surface area contributed by atoms with Crippen LogP contribution in [0.1, 0.15) is 42.9 Å². The molecular formula is C31H29F2NO3. The van der Waals surface area contributed by atoms with Crippen molar-refractivity contribution in [2.75, 3.05) is 26.2 Å². The van der Waals surface area contributed by atoms with Crippen LogP contribution in [0.5, 0.6) is 17.2 Å². The second kappa shape index (κ2) is 10.0. The Hall–Kier alpha value is -3.64. The number of nitrogens with zero attached hydrogens (tertiary/aromatic N) is 1. The monoisotopic (exact) mass is 501 g/mol. The maximum Gasteiger partial charge on any atom is 0.168 e. The van der Waals surface area contributed by atoms with E-state index in [9.17, 15) is 13.9 Å². The molecule has 0 saturated carbocycles. The van der Waals surface area contributed by atoms with E-state index >= 15 is 0 Å². The minimum atomic E-state index is -0.732. The Morgan fingerprint density at radius 3 is 2.43 bits per heavy atom. The molecule has 6 heteroatoms. The molecular weight excluding hydrogens is 472 g/mol. The van der Waals surface area contributed by atoms with Crippen LogP contribution < -0.4 is 9.47 Å². The molecule has 0 spiro atoms. The maximum atomic E-state index is 14.8. The Bertz CT molecular complexity index is 1430. The van der Waals surface area contributed by atoms with Gasteiger partial charge in [0.05, 0.1) is 0 Å². The third-order valence-corrected chi connectivity index (χ3v) is 7.40. The number of phenolic OH excluding ortho intramolecular Hbond substituents is 1. The molecule has 1 saturated heterocycles. The molecule has 6 rings (SSSR count). The van der Waals surface area contributed by atoms with Crippen LogP contribution in [0.25, 0.3) is 21.9 Å². The smallest absolute Gasteiger partial charge is 0.168 e. The highest BCUT2D eigenvalue weighted by atomic mass is 19.1. The number of ether oxygens (including phenoxy) is 2. The van der Waals surface area contributed by atoms with Gasteiger partial charge in [-0.15, -0.1) is 0 Å². The van der Waals surface area contributed by atoms with Crippen LogP contribution in [0.15, 0.2) is 66.7 Å². The molecule has 4 aromatic rings. The first-order valence-corrected chi connectivity index (χ1v) is 12.9. The maximum absolute atomic E-state index is 14.8. The molecule has 1 atom stereocenters. The van der Waals surface area contributed by atoms with Crippen molar-refractivity contribution in [1.29, 1.82) is 0 Å². The van der Waals surface area contributed by atoms with Crippen molar-refractivity contribution < 1.29 is 23.4 Å². The molecule has 1 fully saturated rings. The molecule has 2 aliphatic rings. The quantitative estimate of drug-likeness (QED) is 0.313. The standard InChI is InChI=1S/C31H29F2NO3/c32-22-18-27-26-11-7-21-17-23(35)8-12-25(21)29(26)30(37-31(27)28(33)19-22)20-5-9-24(10-6-20)36-16-15-34-13-3-1-2-4-14-34/h5-12,17-19,30,35H,1-4,13-16H2. The van der Waals surface area contributed by atoms with Gasteiger partial charge in [0.1, 0.15) is 23.9 Å². The van der Waals surface area contributed by atoms with Crippen LogP contribution >= 0.6 is 0 Å². The van der Waals surface area contributed by atoms with E-state index < -0.39 is 17.7 Å². The lowest BCUT2D eigenvalue weighted by Crippen LogP contribution is -2.29. The van der Waals surface area contributed by atoms with Gasteiger partial charge in [-0.3, -0.25) is 4.90 Å². The minimum Gasteiger partial charge on any atom is -0.508 e. The first-order chi connectivity index (χ1) is 18.1. The highest BCUT2D eigenvalue weighted by Crippen LogP contribution is 2.49. The topological polar surface area (TPSA) is 41.9 Å². The molecule has 4 nitrogen and oxygen atoms in total. The molecule has 4 aromatic carbocycles. The molecule has 190 valence electrons. The predicted molar refractivity (Wildman–Crippen MR) is 140 cm³/mol. The Morgan fingerprint density at radius 2 is 1.65 bits per heavy atom. The van der Waals surface area contributed by atoms with Gasteiger partial charge < -0.3 is 14.6 Å². The second-order valence-electron chi connectivity index (χ2n) is 9.87. The summed E-state index contributed by atoms with van der Waals surface area (Å²) < 4.78 is 41.3. The highest BCUT2D eigenvalue weighted by Gasteiger charge is 2.32. The number of hydrogen-bond donors (Lipinski definition) is 1. The van der Waals surface area contributed by atoms with Crippen LogP contribution in [0, 0.1) is 11.6 Å². The Balaban J connectivity index is 1.31.